The fourth-order valence-corrected chi connectivity index (χ4v) is 3.21. The fraction of sp³-hybridized carbons (Fsp3) is 0.444. The molecule has 1 saturated heterocycles. The molecule has 2 aromatic rings. The molecule has 1 aliphatic rings. The average Bonchev–Trinajstić information content (AvgIpc) is 2.55. The first kappa shape index (κ1) is 14.4. The molecule has 0 aromatic heterocycles. The minimum atomic E-state index is 0.00144. The maximum atomic E-state index is 6.63. The lowest BCUT2D eigenvalue weighted by Gasteiger charge is -2.29. The fourth-order valence-electron chi connectivity index (χ4n) is 3.21. The van der Waals surface area contributed by atoms with E-state index in [1.165, 1.54) is 10.8 Å². The number of fused-ring (bicyclic) bond motifs is 1. The molecular weight excluding hydrogens is 262 g/mol. The van der Waals surface area contributed by atoms with Crippen molar-refractivity contribution in [3.8, 4) is 5.75 Å². The number of ether oxygens (including phenoxy) is 2. The molecule has 3 rings (SSSR count). The number of hydrogen-bond acceptors (Lipinski definition) is 3. The van der Waals surface area contributed by atoms with E-state index in [2.05, 4.69) is 36.4 Å². The van der Waals surface area contributed by atoms with E-state index in [0.29, 0.717) is 12.5 Å². The van der Waals surface area contributed by atoms with E-state index in [1.807, 2.05) is 6.92 Å². The summed E-state index contributed by atoms with van der Waals surface area (Å²) in [6.07, 6.45) is 2.05. The molecule has 0 saturated carbocycles. The number of rotatable bonds is 4. The average molecular weight is 285 g/mol. The minimum Gasteiger partial charge on any atom is -0.494 e. The Kier molecular flexibility index (Phi) is 4.42. The van der Waals surface area contributed by atoms with Crippen LogP contribution in [0.5, 0.6) is 5.75 Å². The molecule has 0 aliphatic carbocycles. The summed E-state index contributed by atoms with van der Waals surface area (Å²) in [5.41, 5.74) is 7.79. The summed E-state index contributed by atoms with van der Waals surface area (Å²) in [5, 5.41) is 2.43. The molecule has 0 spiro atoms. The highest BCUT2D eigenvalue weighted by molar-refractivity contribution is 5.88. The van der Waals surface area contributed by atoms with Gasteiger partial charge in [-0.15, -0.1) is 0 Å². The highest BCUT2D eigenvalue weighted by Gasteiger charge is 2.26. The van der Waals surface area contributed by atoms with E-state index >= 15 is 0 Å². The van der Waals surface area contributed by atoms with Gasteiger partial charge in [0.05, 0.1) is 6.61 Å². The summed E-state index contributed by atoms with van der Waals surface area (Å²) in [6.45, 7) is 4.30. The van der Waals surface area contributed by atoms with Gasteiger partial charge in [0, 0.05) is 24.8 Å². The van der Waals surface area contributed by atoms with Crippen molar-refractivity contribution in [3.63, 3.8) is 0 Å². The predicted molar refractivity (Wildman–Crippen MR) is 85.6 cm³/mol. The Hall–Kier alpha value is -1.58. The first-order valence-electron chi connectivity index (χ1n) is 7.79. The van der Waals surface area contributed by atoms with Gasteiger partial charge in [0.25, 0.3) is 0 Å². The number of hydrogen-bond donors (Lipinski definition) is 1. The van der Waals surface area contributed by atoms with Gasteiger partial charge in [0.1, 0.15) is 5.75 Å². The molecule has 2 N–H and O–H groups in total. The van der Waals surface area contributed by atoms with E-state index in [9.17, 15) is 0 Å². The monoisotopic (exact) mass is 285 g/mol. The van der Waals surface area contributed by atoms with Crippen molar-refractivity contribution >= 4 is 10.8 Å². The van der Waals surface area contributed by atoms with Crippen LogP contribution in [0.15, 0.2) is 36.4 Å². The van der Waals surface area contributed by atoms with Crippen molar-refractivity contribution in [3.05, 3.63) is 42.0 Å². The molecule has 3 heteroatoms. The van der Waals surface area contributed by atoms with Crippen LogP contribution in [-0.2, 0) is 4.74 Å². The van der Waals surface area contributed by atoms with E-state index in [1.54, 1.807) is 0 Å². The van der Waals surface area contributed by atoms with Gasteiger partial charge in [-0.3, -0.25) is 0 Å². The Labute approximate surface area is 126 Å². The smallest absolute Gasteiger partial charge is 0.124 e. The first-order valence-corrected chi connectivity index (χ1v) is 7.79. The van der Waals surface area contributed by atoms with Gasteiger partial charge in [-0.05, 0) is 42.5 Å². The lowest BCUT2D eigenvalue weighted by atomic mass is 9.85. The maximum Gasteiger partial charge on any atom is 0.124 e. The van der Waals surface area contributed by atoms with Gasteiger partial charge < -0.3 is 15.2 Å². The SMILES string of the molecule is CCOc1ccc2ccccc2c1[C@@H](N)C1CCOCC1. The van der Waals surface area contributed by atoms with E-state index in [-0.39, 0.29) is 6.04 Å². The zero-order chi connectivity index (χ0) is 14.7. The number of benzene rings is 2. The molecule has 1 heterocycles. The molecule has 0 amide bonds. The Morgan fingerprint density at radius 2 is 1.95 bits per heavy atom. The Morgan fingerprint density at radius 1 is 1.19 bits per heavy atom. The summed E-state index contributed by atoms with van der Waals surface area (Å²) < 4.78 is 11.3. The van der Waals surface area contributed by atoms with Crippen LogP contribution in [0, 0.1) is 5.92 Å². The van der Waals surface area contributed by atoms with Crippen LogP contribution < -0.4 is 10.5 Å². The van der Waals surface area contributed by atoms with Gasteiger partial charge in [0.2, 0.25) is 0 Å². The normalized spacial score (nSPS) is 17.8. The Bertz CT molecular complexity index is 605. The highest BCUT2D eigenvalue weighted by atomic mass is 16.5. The largest absolute Gasteiger partial charge is 0.494 e. The van der Waals surface area contributed by atoms with Crippen molar-refractivity contribution in [2.75, 3.05) is 19.8 Å². The number of nitrogens with two attached hydrogens (primary N) is 1. The minimum absolute atomic E-state index is 0.00144. The predicted octanol–water partition coefficient (Wildman–Crippen LogP) is 3.66. The van der Waals surface area contributed by atoms with Crippen molar-refractivity contribution in [1.82, 2.24) is 0 Å². The Morgan fingerprint density at radius 3 is 2.71 bits per heavy atom. The van der Waals surface area contributed by atoms with Crippen molar-refractivity contribution in [1.29, 1.82) is 0 Å². The molecule has 3 nitrogen and oxygen atoms in total. The maximum absolute atomic E-state index is 6.63. The summed E-state index contributed by atoms with van der Waals surface area (Å²) in [4.78, 5) is 0. The third-order valence-corrected chi connectivity index (χ3v) is 4.34. The van der Waals surface area contributed by atoms with Crippen LogP contribution in [0.2, 0.25) is 0 Å². The van der Waals surface area contributed by atoms with Gasteiger partial charge in [-0.1, -0.05) is 30.3 Å². The summed E-state index contributed by atoms with van der Waals surface area (Å²) >= 11 is 0. The quantitative estimate of drug-likeness (QED) is 0.932. The molecule has 0 unspecified atom stereocenters. The molecule has 1 fully saturated rings. The third-order valence-electron chi connectivity index (χ3n) is 4.34. The molecule has 21 heavy (non-hydrogen) atoms. The summed E-state index contributed by atoms with van der Waals surface area (Å²) in [5.74, 6) is 1.39. The highest BCUT2D eigenvalue weighted by Crippen LogP contribution is 2.38. The zero-order valence-electron chi connectivity index (χ0n) is 12.5. The second-order valence-corrected chi connectivity index (χ2v) is 5.61. The van der Waals surface area contributed by atoms with Gasteiger partial charge in [0.15, 0.2) is 0 Å². The summed E-state index contributed by atoms with van der Waals surface area (Å²) in [7, 11) is 0. The Balaban J connectivity index is 2.06. The van der Waals surface area contributed by atoms with Gasteiger partial charge in [-0.2, -0.15) is 0 Å². The van der Waals surface area contributed by atoms with Crippen LogP contribution in [0.25, 0.3) is 10.8 Å². The standard InChI is InChI=1S/C18H23NO2/c1-2-21-16-8-7-13-5-3-4-6-15(13)17(16)18(19)14-9-11-20-12-10-14/h3-8,14,18H,2,9-12,19H2,1H3/t18-/m0/s1. The topological polar surface area (TPSA) is 44.5 Å². The zero-order valence-corrected chi connectivity index (χ0v) is 12.5. The molecule has 0 bridgehead atoms. The van der Waals surface area contributed by atoms with Crippen molar-refractivity contribution in [2.45, 2.75) is 25.8 Å². The van der Waals surface area contributed by atoms with Gasteiger partial charge >= 0.3 is 0 Å². The third kappa shape index (κ3) is 2.89. The van der Waals surface area contributed by atoms with Crippen molar-refractivity contribution in [2.24, 2.45) is 11.7 Å². The van der Waals surface area contributed by atoms with E-state index in [0.717, 1.165) is 37.4 Å². The van der Waals surface area contributed by atoms with Crippen LogP contribution in [-0.4, -0.2) is 19.8 Å². The first-order chi connectivity index (χ1) is 10.3. The van der Waals surface area contributed by atoms with Gasteiger partial charge in [-0.25, -0.2) is 0 Å². The van der Waals surface area contributed by atoms with Crippen LogP contribution in [0.4, 0.5) is 0 Å². The van der Waals surface area contributed by atoms with E-state index < -0.39 is 0 Å². The molecular formula is C18H23NO2. The molecule has 0 radical (unpaired) electrons. The second kappa shape index (κ2) is 6.46. The molecule has 1 aliphatic heterocycles. The van der Waals surface area contributed by atoms with Crippen LogP contribution in [0.3, 0.4) is 0 Å². The lowest BCUT2D eigenvalue weighted by Crippen LogP contribution is -2.28. The van der Waals surface area contributed by atoms with Crippen LogP contribution >= 0.6 is 0 Å². The second-order valence-electron chi connectivity index (χ2n) is 5.61. The molecule has 2 aromatic carbocycles. The summed E-state index contributed by atoms with van der Waals surface area (Å²) in [6, 6.07) is 12.6. The van der Waals surface area contributed by atoms with E-state index in [4.69, 9.17) is 15.2 Å². The van der Waals surface area contributed by atoms with Crippen molar-refractivity contribution < 1.29 is 9.47 Å². The van der Waals surface area contributed by atoms with Crippen LogP contribution in [0.1, 0.15) is 31.4 Å². The lowest BCUT2D eigenvalue weighted by molar-refractivity contribution is 0.0582. The molecule has 112 valence electrons. The molecule has 1 atom stereocenters.